The summed E-state index contributed by atoms with van der Waals surface area (Å²) >= 11 is 3.28. The molecule has 0 saturated heterocycles. The fraction of sp³-hybridized carbons (Fsp3) is 0.143. The normalized spacial score (nSPS) is 10.4. The standard InChI is InChI=1S/C7H6BrN5O/c8-4-2-10-3-11-6(4)7-12-5(1-9)13-14-7/h2-3H,1,9H2. The first kappa shape index (κ1) is 9.22. The van der Waals surface area contributed by atoms with E-state index < -0.39 is 0 Å². The molecule has 2 N–H and O–H groups in total. The first-order valence-corrected chi connectivity index (χ1v) is 4.59. The maximum Gasteiger partial charge on any atom is 0.277 e. The van der Waals surface area contributed by atoms with Gasteiger partial charge in [0.1, 0.15) is 12.0 Å². The summed E-state index contributed by atoms with van der Waals surface area (Å²) in [6, 6.07) is 0. The fourth-order valence-corrected chi connectivity index (χ4v) is 1.29. The number of aromatic nitrogens is 4. The smallest absolute Gasteiger partial charge is 0.277 e. The monoisotopic (exact) mass is 255 g/mol. The minimum atomic E-state index is 0.242. The van der Waals surface area contributed by atoms with E-state index in [0.717, 1.165) is 0 Å². The van der Waals surface area contributed by atoms with Crippen molar-refractivity contribution in [3.05, 3.63) is 22.8 Å². The van der Waals surface area contributed by atoms with Crippen molar-refractivity contribution >= 4 is 15.9 Å². The maximum absolute atomic E-state index is 5.35. The van der Waals surface area contributed by atoms with Crippen LogP contribution in [0.4, 0.5) is 0 Å². The Labute approximate surface area is 87.7 Å². The molecule has 0 aromatic carbocycles. The summed E-state index contributed by atoms with van der Waals surface area (Å²) in [5.74, 6) is 0.783. The molecule has 2 aromatic heterocycles. The van der Waals surface area contributed by atoms with Crippen LogP contribution in [0.2, 0.25) is 0 Å². The van der Waals surface area contributed by atoms with E-state index in [2.05, 4.69) is 36.0 Å². The van der Waals surface area contributed by atoms with Crippen LogP contribution in [0.5, 0.6) is 0 Å². The van der Waals surface area contributed by atoms with Crippen molar-refractivity contribution in [2.75, 3.05) is 0 Å². The van der Waals surface area contributed by atoms with Crippen LogP contribution in [0.3, 0.4) is 0 Å². The Kier molecular flexibility index (Phi) is 2.51. The molecule has 0 spiro atoms. The van der Waals surface area contributed by atoms with Crippen molar-refractivity contribution in [3.8, 4) is 11.6 Å². The van der Waals surface area contributed by atoms with Crippen LogP contribution >= 0.6 is 15.9 Å². The fourth-order valence-electron chi connectivity index (χ4n) is 0.903. The van der Waals surface area contributed by atoms with Crippen LogP contribution in [-0.4, -0.2) is 20.1 Å². The SMILES string of the molecule is NCc1noc(-c2ncncc2Br)n1. The van der Waals surface area contributed by atoms with Gasteiger partial charge in [0.15, 0.2) is 5.82 Å². The first-order valence-electron chi connectivity index (χ1n) is 3.80. The minimum Gasteiger partial charge on any atom is -0.332 e. The highest BCUT2D eigenvalue weighted by Gasteiger charge is 2.12. The van der Waals surface area contributed by atoms with Crippen molar-refractivity contribution in [3.63, 3.8) is 0 Å². The van der Waals surface area contributed by atoms with Crippen LogP contribution in [0, 0.1) is 0 Å². The Morgan fingerprint density at radius 3 is 3.00 bits per heavy atom. The molecule has 0 aliphatic rings. The van der Waals surface area contributed by atoms with Gasteiger partial charge in [0.25, 0.3) is 5.89 Å². The Morgan fingerprint density at radius 1 is 1.50 bits per heavy atom. The van der Waals surface area contributed by atoms with Gasteiger partial charge in [-0.3, -0.25) is 0 Å². The third-order valence-corrected chi connectivity index (χ3v) is 2.10. The van der Waals surface area contributed by atoms with E-state index in [0.29, 0.717) is 21.9 Å². The summed E-state index contributed by atoms with van der Waals surface area (Å²) in [6.07, 6.45) is 3.01. The van der Waals surface area contributed by atoms with Crippen molar-refractivity contribution in [1.29, 1.82) is 0 Å². The molecule has 0 amide bonds. The van der Waals surface area contributed by atoms with Crippen LogP contribution < -0.4 is 5.73 Å². The molecule has 2 rings (SSSR count). The summed E-state index contributed by atoms with van der Waals surface area (Å²) < 4.78 is 5.66. The lowest BCUT2D eigenvalue weighted by atomic mass is 10.4. The molecular formula is C7H6BrN5O. The molecule has 0 bridgehead atoms. The summed E-state index contributed by atoms with van der Waals surface area (Å²) in [7, 11) is 0. The quantitative estimate of drug-likeness (QED) is 0.852. The number of hydrogen-bond donors (Lipinski definition) is 1. The average molecular weight is 256 g/mol. The topological polar surface area (TPSA) is 90.7 Å². The molecular weight excluding hydrogens is 250 g/mol. The number of nitrogens with zero attached hydrogens (tertiary/aromatic N) is 4. The van der Waals surface area contributed by atoms with Crippen molar-refractivity contribution in [2.24, 2.45) is 5.73 Å². The summed E-state index contributed by atoms with van der Waals surface area (Å²) in [5, 5.41) is 3.66. The molecule has 0 radical (unpaired) electrons. The number of hydrogen-bond acceptors (Lipinski definition) is 6. The van der Waals surface area contributed by atoms with Crippen LogP contribution in [0.1, 0.15) is 5.82 Å². The zero-order valence-electron chi connectivity index (χ0n) is 7.01. The number of rotatable bonds is 2. The van der Waals surface area contributed by atoms with E-state index in [1.165, 1.54) is 6.33 Å². The van der Waals surface area contributed by atoms with Gasteiger partial charge in [-0.15, -0.1) is 0 Å². The number of halogens is 1. The summed E-state index contributed by atoms with van der Waals surface area (Å²) in [6.45, 7) is 0.242. The molecule has 0 unspecified atom stereocenters. The van der Waals surface area contributed by atoms with Gasteiger partial charge in [-0.05, 0) is 15.9 Å². The Morgan fingerprint density at radius 2 is 2.36 bits per heavy atom. The predicted molar refractivity (Wildman–Crippen MR) is 50.9 cm³/mol. The van der Waals surface area contributed by atoms with E-state index in [9.17, 15) is 0 Å². The number of nitrogens with two attached hydrogens (primary N) is 1. The van der Waals surface area contributed by atoms with Crippen molar-refractivity contribution in [1.82, 2.24) is 20.1 Å². The second kappa shape index (κ2) is 3.81. The highest BCUT2D eigenvalue weighted by molar-refractivity contribution is 9.10. The molecule has 0 aliphatic heterocycles. The Bertz CT molecular complexity index is 443. The minimum absolute atomic E-state index is 0.242. The molecule has 7 heteroatoms. The van der Waals surface area contributed by atoms with Crippen molar-refractivity contribution in [2.45, 2.75) is 6.54 Å². The van der Waals surface area contributed by atoms with Crippen LogP contribution in [0.25, 0.3) is 11.6 Å². The van der Waals surface area contributed by atoms with Gasteiger partial charge in [-0.2, -0.15) is 4.98 Å². The second-order valence-electron chi connectivity index (χ2n) is 2.44. The lowest BCUT2D eigenvalue weighted by molar-refractivity contribution is 0.421. The van der Waals surface area contributed by atoms with E-state index >= 15 is 0 Å². The van der Waals surface area contributed by atoms with Crippen LogP contribution in [-0.2, 0) is 6.54 Å². The Hall–Kier alpha value is -1.34. The van der Waals surface area contributed by atoms with E-state index in [1.807, 2.05) is 0 Å². The largest absolute Gasteiger partial charge is 0.332 e. The van der Waals surface area contributed by atoms with Crippen molar-refractivity contribution < 1.29 is 4.52 Å². The molecule has 2 heterocycles. The lowest BCUT2D eigenvalue weighted by Crippen LogP contribution is -1.98. The zero-order chi connectivity index (χ0) is 9.97. The maximum atomic E-state index is 5.35. The molecule has 0 atom stereocenters. The molecule has 0 aliphatic carbocycles. The van der Waals surface area contributed by atoms with Gasteiger partial charge in [0.05, 0.1) is 11.0 Å². The van der Waals surface area contributed by atoms with E-state index in [-0.39, 0.29) is 6.54 Å². The van der Waals surface area contributed by atoms with Gasteiger partial charge >= 0.3 is 0 Å². The molecule has 14 heavy (non-hydrogen) atoms. The molecule has 72 valence electrons. The summed E-state index contributed by atoms with van der Waals surface area (Å²) in [4.78, 5) is 11.9. The Balaban J connectivity index is 2.44. The van der Waals surface area contributed by atoms with Gasteiger partial charge in [0, 0.05) is 6.20 Å². The lowest BCUT2D eigenvalue weighted by Gasteiger charge is -1.94. The molecule has 0 saturated carbocycles. The third kappa shape index (κ3) is 1.64. The molecule has 6 nitrogen and oxygen atoms in total. The zero-order valence-corrected chi connectivity index (χ0v) is 8.60. The highest BCUT2D eigenvalue weighted by Crippen LogP contribution is 2.22. The van der Waals surface area contributed by atoms with Gasteiger partial charge in [-0.25, -0.2) is 9.97 Å². The van der Waals surface area contributed by atoms with Gasteiger partial charge in [-0.1, -0.05) is 5.16 Å². The third-order valence-electron chi connectivity index (χ3n) is 1.52. The van der Waals surface area contributed by atoms with Gasteiger partial charge < -0.3 is 10.3 Å². The van der Waals surface area contributed by atoms with Gasteiger partial charge in [0.2, 0.25) is 0 Å². The molecule has 2 aromatic rings. The first-order chi connectivity index (χ1) is 6.81. The highest BCUT2D eigenvalue weighted by atomic mass is 79.9. The second-order valence-corrected chi connectivity index (χ2v) is 3.29. The average Bonchev–Trinajstić information content (AvgIpc) is 2.67. The van der Waals surface area contributed by atoms with E-state index in [4.69, 9.17) is 10.3 Å². The van der Waals surface area contributed by atoms with E-state index in [1.54, 1.807) is 6.20 Å². The molecule has 0 fully saturated rings. The van der Waals surface area contributed by atoms with Crippen LogP contribution in [0.15, 0.2) is 21.5 Å². The predicted octanol–water partition coefficient (Wildman–Crippen LogP) is 0.748. The summed E-state index contributed by atoms with van der Waals surface area (Å²) in [5.41, 5.74) is 5.91.